The van der Waals surface area contributed by atoms with E-state index >= 15 is 0 Å². The van der Waals surface area contributed by atoms with Crippen LogP contribution in [-0.4, -0.2) is 31.6 Å². The summed E-state index contributed by atoms with van der Waals surface area (Å²) in [6.45, 7) is 2.62. The highest BCUT2D eigenvalue weighted by Gasteiger charge is 2.09. The molecule has 5 heteroatoms. The van der Waals surface area contributed by atoms with Gasteiger partial charge < -0.3 is 14.4 Å². The molecule has 0 aliphatic carbocycles. The maximum absolute atomic E-state index is 13.7. The quantitative estimate of drug-likeness (QED) is 0.716. The van der Waals surface area contributed by atoms with Gasteiger partial charge in [0.05, 0.1) is 13.7 Å². The van der Waals surface area contributed by atoms with Crippen LogP contribution in [0.4, 0.5) is 4.39 Å². The van der Waals surface area contributed by atoms with Crippen molar-refractivity contribution in [3.63, 3.8) is 0 Å². The van der Waals surface area contributed by atoms with E-state index in [1.165, 1.54) is 17.0 Å². The van der Waals surface area contributed by atoms with Crippen LogP contribution in [-0.2, 0) is 11.3 Å². The van der Waals surface area contributed by atoms with Crippen LogP contribution in [0.15, 0.2) is 48.5 Å². The molecule has 0 aromatic heterocycles. The van der Waals surface area contributed by atoms with Crippen LogP contribution >= 0.6 is 0 Å². The van der Waals surface area contributed by atoms with Crippen molar-refractivity contribution in [2.45, 2.75) is 13.5 Å². The first kappa shape index (κ1) is 18.5. The van der Waals surface area contributed by atoms with Gasteiger partial charge in [-0.15, -0.1) is 0 Å². The maximum atomic E-state index is 13.7. The molecule has 25 heavy (non-hydrogen) atoms. The first-order valence-electron chi connectivity index (χ1n) is 8.02. The molecular weight excluding hydrogens is 321 g/mol. The Morgan fingerprint density at radius 1 is 1.20 bits per heavy atom. The Morgan fingerprint density at radius 3 is 2.64 bits per heavy atom. The van der Waals surface area contributed by atoms with E-state index in [2.05, 4.69) is 0 Å². The van der Waals surface area contributed by atoms with Crippen LogP contribution in [0.25, 0.3) is 6.08 Å². The molecule has 2 aromatic rings. The normalized spacial score (nSPS) is 10.7. The van der Waals surface area contributed by atoms with Crippen molar-refractivity contribution in [1.29, 1.82) is 0 Å². The molecule has 0 aliphatic rings. The van der Waals surface area contributed by atoms with Crippen molar-refractivity contribution in [3.8, 4) is 11.5 Å². The average molecular weight is 343 g/mol. The molecule has 0 saturated carbocycles. The Hall–Kier alpha value is -2.82. The molecular formula is C20H22FNO3. The van der Waals surface area contributed by atoms with Crippen molar-refractivity contribution < 1.29 is 18.7 Å². The fraction of sp³-hybridized carbons (Fsp3) is 0.250. The molecule has 0 fully saturated rings. The van der Waals surface area contributed by atoms with Crippen LogP contribution in [0.3, 0.4) is 0 Å². The van der Waals surface area contributed by atoms with Crippen LogP contribution in [0.2, 0.25) is 0 Å². The van der Waals surface area contributed by atoms with Crippen LogP contribution in [0, 0.1) is 5.82 Å². The zero-order chi connectivity index (χ0) is 18.2. The first-order valence-corrected chi connectivity index (χ1v) is 8.02. The molecule has 4 nitrogen and oxygen atoms in total. The lowest BCUT2D eigenvalue weighted by molar-refractivity contribution is -0.125. The molecule has 0 atom stereocenters. The molecule has 0 spiro atoms. The number of carbonyl (C=O) groups is 1. The van der Waals surface area contributed by atoms with E-state index in [4.69, 9.17) is 9.47 Å². The number of nitrogens with zero attached hydrogens (tertiary/aromatic N) is 1. The molecule has 0 N–H and O–H groups in total. The zero-order valence-electron chi connectivity index (χ0n) is 14.7. The van der Waals surface area contributed by atoms with Gasteiger partial charge in [0.2, 0.25) is 5.91 Å². The standard InChI is InChI=1S/C20H22FNO3/c1-4-25-19-13-15(9-11-18(19)24-3)10-12-20(23)22(2)14-16-7-5-6-8-17(16)21/h5-13H,4,14H2,1-3H3/b12-10+. The average Bonchev–Trinajstić information content (AvgIpc) is 2.62. The number of amides is 1. The minimum Gasteiger partial charge on any atom is -0.493 e. The number of methoxy groups -OCH3 is 1. The number of hydrogen-bond donors (Lipinski definition) is 0. The van der Waals surface area contributed by atoms with E-state index < -0.39 is 0 Å². The highest BCUT2D eigenvalue weighted by atomic mass is 19.1. The predicted octanol–water partition coefficient (Wildman–Crippen LogP) is 3.90. The summed E-state index contributed by atoms with van der Waals surface area (Å²) < 4.78 is 24.4. The minimum absolute atomic E-state index is 0.211. The Balaban J connectivity index is 2.06. The Kier molecular flexibility index (Phi) is 6.57. The number of ether oxygens (including phenoxy) is 2. The molecule has 132 valence electrons. The van der Waals surface area contributed by atoms with Crippen molar-refractivity contribution in [3.05, 3.63) is 65.5 Å². The van der Waals surface area contributed by atoms with E-state index in [1.807, 2.05) is 19.1 Å². The Bertz CT molecular complexity index is 758. The second-order valence-electron chi connectivity index (χ2n) is 5.46. The lowest BCUT2D eigenvalue weighted by atomic mass is 10.1. The molecule has 0 saturated heterocycles. The smallest absolute Gasteiger partial charge is 0.246 e. The van der Waals surface area contributed by atoms with Crippen LogP contribution < -0.4 is 9.47 Å². The Labute approximate surface area is 147 Å². The van der Waals surface area contributed by atoms with Crippen molar-refractivity contribution in [1.82, 2.24) is 4.90 Å². The van der Waals surface area contributed by atoms with Gasteiger partial charge in [0.25, 0.3) is 0 Å². The predicted molar refractivity (Wildman–Crippen MR) is 96.1 cm³/mol. The highest BCUT2D eigenvalue weighted by Crippen LogP contribution is 2.28. The third-order valence-corrected chi connectivity index (χ3v) is 3.65. The van der Waals surface area contributed by atoms with E-state index in [9.17, 15) is 9.18 Å². The van der Waals surface area contributed by atoms with E-state index in [0.717, 1.165) is 5.56 Å². The topological polar surface area (TPSA) is 38.8 Å². The Morgan fingerprint density at radius 2 is 1.96 bits per heavy atom. The van der Waals surface area contributed by atoms with Crippen LogP contribution in [0.5, 0.6) is 11.5 Å². The summed E-state index contributed by atoms with van der Waals surface area (Å²) in [5.74, 6) is 0.737. The SMILES string of the molecule is CCOc1cc(/C=C/C(=O)N(C)Cc2ccccc2F)ccc1OC. The number of carbonyl (C=O) groups excluding carboxylic acids is 1. The molecule has 0 heterocycles. The van der Waals surface area contributed by atoms with Gasteiger partial charge in [0.15, 0.2) is 11.5 Å². The fourth-order valence-corrected chi connectivity index (χ4v) is 2.32. The molecule has 0 unspecified atom stereocenters. The molecule has 2 rings (SSSR count). The number of benzene rings is 2. The zero-order valence-corrected chi connectivity index (χ0v) is 14.7. The summed E-state index contributed by atoms with van der Waals surface area (Å²) in [6, 6.07) is 11.9. The maximum Gasteiger partial charge on any atom is 0.246 e. The van der Waals surface area contributed by atoms with Gasteiger partial charge in [-0.3, -0.25) is 4.79 Å². The van der Waals surface area contributed by atoms with Gasteiger partial charge in [-0.2, -0.15) is 0 Å². The van der Waals surface area contributed by atoms with Gasteiger partial charge in [-0.25, -0.2) is 4.39 Å². The highest BCUT2D eigenvalue weighted by molar-refractivity contribution is 5.91. The number of halogens is 1. The van der Waals surface area contributed by atoms with Gasteiger partial charge in [0.1, 0.15) is 5.82 Å². The van der Waals surface area contributed by atoms with Gasteiger partial charge >= 0.3 is 0 Å². The summed E-state index contributed by atoms with van der Waals surface area (Å²) in [5.41, 5.74) is 1.30. The van der Waals surface area contributed by atoms with Crippen LogP contribution in [0.1, 0.15) is 18.1 Å². The molecule has 0 bridgehead atoms. The summed E-state index contributed by atoms with van der Waals surface area (Å²) in [7, 11) is 3.22. The molecule has 0 aliphatic heterocycles. The van der Waals surface area contributed by atoms with Crippen molar-refractivity contribution in [2.75, 3.05) is 20.8 Å². The lowest BCUT2D eigenvalue weighted by Gasteiger charge is -2.15. The second-order valence-corrected chi connectivity index (χ2v) is 5.46. The van der Waals surface area contributed by atoms with Gasteiger partial charge in [-0.1, -0.05) is 24.3 Å². The summed E-state index contributed by atoms with van der Waals surface area (Å²) in [5, 5.41) is 0. The van der Waals surface area contributed by atoms with E-state index in [0.29, 0.717) is 23.7 Å². The monoisotopic (exact) mass is 343 g/mol. The molecule has 1 amide bonds. The third-order valence-electron chi connectivity index (χ3n) is 3.65. The van der Waals surface area contributed by atoms with Gasteiger partial charge in [0, 0.05) is 25.2 Å². The summed E-state index contributed by atoms with van der Waals surface area (Å²) >= 11 is 0. The number of hydrogen-bond acceptors (Lipinski definition) is 3. The lowest BCUT2D eigenvalue weighted by Crippen LogP contribution is -2.24. The molecule has 2 aromatic carbocycles. The summed E-state index contributed by atoms with van der Waals surface area (Å²) in [4.78, 5) is 13.7. The van der Waals surface area contributed by atoms with Crippen molar-refractivity contribution in [2.24, 2.45) is 0 Å². The van der Waals surface area contributed by atoms with E-state index in [-0.39, 0.29) is 18.3 Å². The fourth-order valence-electron chi connectivity index (χ4n) is 2.32. The largest absolute Gasteiger partial charge is 0.493 e. The first-order chi connectivity index (χ1) is 12.0. The van der Waals surface area contributed by atoms with E-state index in [1.54, 1.807) is 44.5 Å². The third kappa shape index (κ3) is 5.08. The van der Waals surface area contributed by atoms with Crippen molar-refractivity contribution >= 4 is 12.0 Å². The second kappa shape index (κ2) is 8.87. The minimum atomic E-state index is -0.317. The number of rotatable bonds is 7. The molecule has 0 radical (unpaired) electrons. The van der Waals surface area contributed by atoms with Gasteiger partial charge in [-0.05, 0) is 36.8 Å². The summed E-state index contributed by atoms with van der Waals surface area (Å²) in [6.07, 6.45) is 3.15. The number of likely N-dealkylation sites (N-methyl/N-ethyl adjacent to an activating group) is 1.